The summed E-state index contributed by atoms with van der Waals surface area (Å²) in [5.74, 6) is 0.359. The van der Waals surface area contributed by atoms with E-state index in [9.17, 15) is 4.79 Å². The summed E-state index contributed by atoms with van der Waals surface area (Å²) < 4.78 is 0. The lowest BCUT2D eigenvalue weighted by Gasteiger charge is -2.07. The van der Waals surface area contributed by atoms with Gasteiger partial charge in [0.2, 0.25) is 0 Å². The van der Waals surface area contributed by atoms with E-state index < -0.39 is 0 Å². The fourth-order valence-corrected chi connectivity index (χ4v) is 2.56. The number of carbonyl (C=O) groups is 1. The van der Waals surface area contributed by atoms with Gasteiger partial charge in [-0.25, -0.2) is 0 Å². The van der Waals surface area contributed by atoms with Gasteiger partial charge in [0.15, 0.2) is 5.69 Å². The highest BCUT2D eigenvalue weighted by Gasteiger charge is 2.08. The molecule has 0 saturated carbocycles. The van der Waals surface area contributed by atoms with Crippen LogP contribution in [0.15, 0.2) is 60.9 Å². The minimum absolute atomic E-state index is 0.250. The monoisotopic (exact) mass is 367 g/mol. The molecule has 26 heavy (non-hydrogen) atoms. The van der Waals surface area contributed by atoms with Gasteiger partial charge in [-0.3, -0.25) is 9.78 Å². The Balaban J connectivity index is 1.47. The fraction of sp³-hybridized carbons (Fsp3) is 0.158. The van der Waals surface area contributed by atoms with Crippen molar-refractivity contribution < 1.29 is 4.79 Å². The summed E-state index contributed by atoms with van der Waals surface area (Å²) in [6.45, 7) is 1.12. The molecule has 6 nitrogen and oxygen atoms in total. The molecule has 0 aliphatic heterocycles. The van der Waals surface area contributed by atoms with Gasteiger partial charge in [0.25, 0.3) is 5.91 Å². The molecule has 1 aromatic carbocycles. The Bertz CT molecular complexity index is 855. The van der Waals surface area contributed by atoms with Crippen molar-refractivity contribution in [3.8, 4) is 0 Å². The van der Waals surface area contributed by atoms with Crippen LogP contribution in [0.1, 0.15) is 21.6 Å². The zero-order valence-electron chi connectivity index (χ0n) is 14.0. The molecule has 0 bridgehead atoms. The third-order valence-electron chi connectivity index (χ3n) is 3.71. The quantitative estimate of drug-likeness (QED) is 0.670. The van der Waals surface area contributed by atoms with Crippen molar-refractivity contribution in [3.63, 3.8) is 0 Å². The first-order chi connectivity index (χ1) is 12.7. The van der Waals surface area contributed by atoms with Gasteiger partial charge in [-0.2, -0.15) is 0 Å². The van der Waals surface area contributed by atoms with E-state index in [1.54, 1.807) is 24.5 Å². The molecule has 3 aromatic rings. The lowest BCUT2D eigenvalue weighted by atomic mass is 10.1. The number of carbonyl (C=O) groups excluding carboxylic acids is 1. The molecule has 0 aliphatic rings. The summed E-state index contributed by atoms with van der Waals surface area (Å²) in [6, 6.07) is 14.8. The number of rotatable bonds is 7. The molecule has 1 amide bonds. The molecule has 0 radical (unpaired) electrons. The molecule has 132 valence electrons. The van der Waals surface area contributed by atoms with Crippen molar-refractivity contribution in [1.82, 2.24) is 20.5 Å². The van der Waals surface area contributed by atoms with Gasteiger partial charge in [0.1, 0.15) is 5.82 Å². The van der Waals surface area contributed by atoms with Crippen molar-refractivity contribution >= 4 is 23.3 Å². The number of nitrogens with one attached hydrogen (secondary N) is 2. The molecule has 2 aromatic heterocycles. The first-order valence-electron chi connectivity index (χ1n) is 8.20. The largest absolute Gasteiger partial charge is 0.365 e. The van der Waals surface area contributed by atoms with Gasteiger partial charge in [0, 0.05) is 30.5 Å². The second-order valence-corrected chi connectivity index (χ2v) is 6.09. The van der Waals surface area contributed by atoms with Crippen molar-refractivity contribution in [2.24, 2.45) is 0 Å². The Morgan fingerprint density at radius 1 is 1.00 bits per heavy atom. The van der Waals surface area contributed by atoms with E-state index in [1.807, 2.05) is 36.4 Å². The van der Waals surface area contributed by atoms with Crippen LogP contribution in [0.25, 0.3) is 0 Å². The van der Waals surface area contributed by atoms with Crippen LogP contribution >= 0.6 is 11.6 Å². The van der Waals surface area contributed by atoms with Crippen LogP contribution in [-0.2, 0) is 13.0 Å². The fourth-order valence-electron chi connectivity index (χ4n) is 2.34. The number of hydrogen-bond donors (Lipinski definition) is 2. The molecule has 2 N–H and O–H groups in total. The highest BCUT2D eigenvalue weighted by atomic mass is 35.5. The topological polar surface area (TPSA) is 79.8 Å². The van der Waals surface area contributed by atoms with Crippen molar-refractivity contribution in [2.75, 3.05) is 11.9 Å². The Morgan fingerprint density at radius 3 is 2.58 bits per heavy atom. The average Bonchev–Trinajstić information content (AvgIpc) is 2.67. The molecular formula is C19H18ClN5O. The Labute approximate surface area is 156 Å². The first-order valence-corrected chi connectivity index (χ1v) is 8.57. The van der Waals surface area contributed by atoms with Crippen LogP contribution in [0.3, 0.4) is 0 Å². The number of halogens is 1. The van der Waals surface area contributed by atoms with Crippen LogP contribution in [0.4, 0.5) is 5.82 Å². The molecule has 2 heterocycles. The van der Waals surface area contributed by atoms with Crippen LogP contribution in [0, 0.1) is 0 Å². The second kappa shape index (κ2) is 8.92. The minimum Gasteiger partial charge on any atom is -0.365 e. The molecular weight excluding hydrogens is 350 g/mol. The van der Waals surface area contributed by atoms with Crippen LogP contribution in [-0.4, -0.2) is 27.6 Å². The minimum atomic E-state index is -0.250. The number of pyridine rings is 1. The standard InChI is InChI=1S/C19H18ClN5O/c20-16-3-1-2-14(12-16)8-11-22-19(26)17-4-5-18(25-24-17)23-13-15-6-9-21-10-7-15/h1-7,9-10,12H,8,11,13H2,(H,22,26)(H,23,25). The Kier molecular flexibility index (Phi) is 6.11. The van der Waals surface area contributed by atoms with E-state index in [0.29, 0.717) is 30.4 Å². The summed E-state index contributed by atoms with van der Waals surface area (Å²) >= 11 is 5.95. The number of benzene rings is 1. The third kappa shape index (κ3) is 5.26. The highest BCUT2D eigenvalue weighted by molar-refractivity contribution is 6.30. The summed E-state index contributed by atoms with van der Waals surface area (Å²) in [7, 11) is 0. The maximum Gasteiger partial charge on any atom is 0.271 e. The average molecular weight is 368 g/mol. The second-order valence-electron chi connectivity index (χ2n) is 5.65. The summed E-state index contributed by atoms with van der Waals surface area (Å²) in [5.41, 5.74) is 2.44. The van der Waals surface area contributed by atoms with Crippen molar-refractivity contribution in [3.05, 3.63) is 82.8 Å². The van der Waals surface area contributed by atoms with Gasteiger partial charge >= 0.3 is 0 Å². The Morgan fingerprint density at radius 2 is 1.85 bits per heavy atom. The zero-order chi connectivity index (χ0) is 18.2. The van der Waals surface area contributed by atoms with E-state index in [0.717, 1.165) is 11.1 Å². The van der Waals surface area contributed by atoms with E-state index in [2.05, 4.69) is 25.8 Å². The molecule has 7 heteroatoms. The lowest BCUT2D eigenvalue weighted by molar-refractivity contribution is 0.0948. The SMILES string of the molecule is O=C(NCCc1cccc(Cl)c1)c1ccc(NCc2ccncc2)nn1. The van der Waals surface area contributed by atoms with Crippen molar-refractivity contribution in [1.29, 1.82) is 0 Å². The predicted octanol–water partition coefficient (Wildman–Crippen LogP) is 3.11. The van der Waals surface area contributed by atoms with Crippen LogP contribution < -0.4 is 10.6 Å². The smallest absolute Gasteiger partial charge is 0.271 e. The van der Waals surface area contributed by atoms with E-state index in [-0.39, 0.29) is 11.6 Å². The third-order valence-corrected chi connectivity index (χ3v) is 3.94. The maximum atomic E-state index is 12.1. The first kappa shape index (κ1) is 17.8. The molecule has 0 unspecified atom stereocenters. The van der Waals surface area contributed by atoms with Gasteiger partial charge in [-0.15, -0.1) is 10.2 Å². The molecule has 3 rings (SSSR count). The molecule has 0 spiro atoms. The van der Waals surface area contributed by atoms with Gasteiger partial charge < -0.3 is 10.6 Å². The zero-order valence-corrected chi connectivity index (χ0v) is 14.8. The number of hydrogen-bond acceptors (Lipinski definition) is 5. The number of amides is 1. The Hall–Kier alpha value is -2.99. The number of aromatic nitrogens is 3. The summed E-state index contributed by atoms with van der Waals surface area (Å²) in [4.78, 5) is 16.1. The van der Waals surface area contributed by atoms with E-state index >= 15 is 0 Å². The van der Waals surface area contributed by atoms with Crippen LogP contribution in [0.5, 0.6) is 0 Å². The molecule has 0 atom stereocenters. The molecule has 0 fully saturated rings. The van der Waals surface area contributed by atoms with Gasteiger partial charge in [-0.05, 0) is 53.9 Å². The van der Waals surface area contributed by atoms with Crippen molar-refractivity contribution in [2.45, 2.75) is 13.0 Å². The number of anilines is 1. The molecule has 0 saturated heterocycles. The lowest BCUT2D eigenvalue weighted by Crippen LogP contribution is -2.26. The van der Waals surface area contributed by atoms with E-state index in [4.69, 9.17) is 11.6 Å². The van der Waals surface area contributed by atoms with Crippen LogP contribution in [0.2, 0.25) is 5.02 Å². The highest BCUT2D eigenvalue weighted by Crippen LogP contribution is 2.11. The summed E-state index contributed by atoms with van der Waals surface area (Å²) in [5, 5.41) is 14.7. The maximum absolute atomic E-state index is 12.1. The normalized spacial score (nSPS) is 10.3. The van der Waals surface area contributed by atoms with E-state index in [1.165, 1.54) is 0 Å². The number of nitrogens with zero attached hydrogens (tertiary/aromatic N) is 3. The molecule has 0 aliphatic carbocycles. The predicted molar refractivity (Wildman–Crippen MR) is 101 cm³/mol. The summed E-state index contributed by atoms with van der Waals surface area (Å²) in [6.07, 6.45) is 4.17. The van der Waals surface area contributed by atoms with Gasteiger partial charge in [-0.1, -0.05) is 23.7 Å². The van der Waals surface area contributed by atoms with Gasteiger partial charge in [0.05, 0.1) is 0 Å².